The van der Waals surface area contributed by atoms with Crippen LogP contribution in [-0.4, -0.2) is 29.6 Å². The van der Waals surface area contributed by atoms with Crippen molar-refractivity contribution in [2.24, 2.45) is 0 Å². The average molecular weight is 382 g/mol. The molecule has 0 aliphatic heterocycles. The summed E-state index contributed by atoms with van der Waals surface area (Å²) in [6.07, 6.45) is 0.680. The van der Waals surface area contributed by atoms with Gasteiger partial charge in [-0.3, -0.25) is 4.79 Å². The van der Waals surface area contributed by atoms with Gasteiger partial charge in [0.05, 0.1) is 18.2 Å². The predicted octanol–water partition coefficient (Wildman–Crippen LogP) is 4.72. The van der Waals surface area contributed by atoms with Crippen LogP contribution in [0.15, 0.2) is 42.5 Å². The maximum atomic E-state index is 11.7. The Bertz CT molecular complexity index is 964. The molecular weight excluding hydrogens is 364 g/mol. The minimum atomic E-state index is -0.495. The molecule has 0 bridgehead atoms. The van der Waals surface area contributed by atoms with Crippen LogP contribution >= 0.6 is 11.3 Å². The zero-order valence-electron chi connectivity index (χ0n) is 15.1. The SMILES string of the molecule is COC(=O)c1ccc(C=O)c(Oc2ccc(-c3nnc(C(C)C)s3)cc2)c1. The molecule has 0 amide bonds. The summed E-state index contributed by atoms with van der Waals surface area (Å²) < 4.78 is 10.5. The first-order chi connectivity index (χ1) is 13.0. The lowest BCUT2D eigenvalue weighted by atomic mass is 10.1. The van der Waals surface area contributed by atoms with E-state index in [2.05, 4.69) is 24.0 Å². The molecular formula is C20H18N2O4S. The van der Waals surface area contributed by atoms with Gasteiger partial charge in [-0.25, -0.2) is 4.79 Å². The van der Waals surface area contributed by atoms with E-state index in [9.17, 15) is 9.59 Å². The number of carbonyl (C=O) groups is 2. The van der Waals surface area contributed by atoms with Crippen molar-refractivity contribution >= 4 is 23.6 Å². The fraction of sp³-hybridized carbons (Fsp3) is 0.200. The third kappa shape index (κ3) is 4.20. The van der Waals surface area contributed by atoms with E-state index in [0.717, 1.165) is 15.6 Å². The molecule has 0 radical (unpaired) electrons. The Morgan fingerprint density at radius 3 is 2.44 bits per heavy atom. The second-order valence-electron chi connectivity index (χ2n) is 6.09. The van der Waals surface area contributed by atoms with Crippen molar-refractivity contribution in [3.63, 3.8) is 0 Å². The lowest BCUT2D eigenvalue weighted by Gasteiger charge is -2.10. The van der Waals surface area contributed by atoms with Gasteiger partial charge in [-0.15, -0.1) is 10.2 Å². The number of ether oxygens (including phenoxy) is 2. The standard InChI is InChI=1S/C20H18N2O4S/c1-12(2)18-21-22-19(27-18)13-6-8-16(9-7-13)26-17-10-14(20(24)25-3)4-5-15(17)11-23/h4-12H,1-3H3. The van der Waals surface area contributed by atoms with Crippen LogP contribution in [0.3, 0.4) is 0 Å². The van der Waals surface area contributed by atoms with Crippen molar-refractivity contribution in [3.05, 3.63) is 58.6 Å². The summed E-state index contributed by atoms with van der Waals surface area (Å²) in [6.45, 7) is 4.16. The zero-order chi connectivity index (χ0) is 19.4. The molecule has 6 nitrogen and oxygen atoms in total. The van der Waals surface area contributed by atoms with E-state index in [1.807, 2.05) is 12.1 Å². The Kier molecular flexibility index (Phi) is 5.61. The molecule has 0 aliphatic carbocycles. The van der Waals surface area contributed by atoms with Crippen LogP contribution in [-0.2, 0) is 4.74 Å². The molecule has 3 rings (SSSR count). The van der Waals surface area contributed by atoms with Crippen molar-refractivity contribution in [2.45, 2.75) is 19.8 Å². The van der Waals surface area contributed by atoms with E-state index in [-0.39, 0.29) is 0 Å². The summed E-state index contributed by atoms with van der Waals surface area (Å²) >= 11 is 1.56. The van der Waals surface area contributed by atoms with Crippen molar-refractivity contribution in [3.8, 4) is 22.1 Å². The Hall–Kier alpha value is -3.06. The summed E-state index contributed by atoms with van der Waals surface area (Å²) in [6, 6.07) is 11.9. The third-order valence-corrected chi connectivity index (χ3v) is 5.10. The average Bonchev–Trinajstić information content (AvgIpc) is 3.18. The van der Waals surface area contributed by atoms with Crippen molar-refractivity contribution in [1.29, 1.82) is 0 Å². The molecule has 1 aromatic heterocycles. The number of carbonyl (C=O) groups excluding carboxylic acids is 2. The molecule has 2 aromatic carbocycles. The van der Waals surface area contributed by atoms with Crippen LogP contribution in [0.5, 0.6) is 11.5 Å². The molecule has 138 valence electrons. The summed E-state index contributed by atoms with van der Waals surface area (Å²) in [7, 11) is 1.30. The molecule has 0 atom stereocenters. The molecule has 3 aromatic rings. The van der Waals surface area contributed by atoms with Gasteiger partial charge in [0.2, 0.25) is 0 Å². The monoisotopic (exact) mass is 382 g/mol. The van der Waals surface area contributed by atoms with Crippen LogP contribution < -0.4 is 4.74 Å². The van der Waals surface area contributed by atoms with Crippen LogP contribution in [0, 0.1) is 0 Å². The Morgan fingerprint density at radius 1 is 1.11 bits per heavy atom. The first kappa shape index (κ1) is 18.7. The Balaban J connectivity index is 1.83. The number of aldehydes is 1. The van der Waals surface area contributed by atoms with Gasteiger partial charge in [-0.1, -0.05) is 25.2 Å². The second-order valence-corrected chi connectivity index (χ2v) is 7.10. The lowest BCUT2D eigenvalue weighted by Crippen LogP contribution is -2.02. The minimum Gasteiger partial charge on any atom is -0.465 e. The van der Waals surface area contributed by atoms with Crippen molar-refractivity contribution in [1.82, 2.24) is 10.2 Å². The van der Waals surface area contributed by atoms with Gasteiger partial charge in [0, 0.05) is 11.5 Å². The number of benzene rings is 2. The topological polar surface area (TPSA) is 78.4 Å². The van der Waals surface area contributed by atoms with Crippen LogP contribution in [0.1, 0.15) is 45.5 Å². The highest BCUT2D eigenvalue weighted by Crippen LogP contribution is 2.31. The largest absolute Gasteiger partial charge is 0.465 e. The zero-order valence-corrected chi connectivity index (χ0v) is 15.9. The molecule has 0 unspecified atom stereocenters. The van der Waals surface area contributed by atoms with Gasteiger partial charge in [-0.05, 0) is 42.5 Å². The van der Waals surface area contributed by atoms with Gasteiger partial charge in [0.25, 0.3) is 0 Å². The maximum Gasteiger partial charge on any atom is 0.337 e. The molecule has 0 saturated heterocycles. The van der Waals surface area contributed by atoms with Gasteiger partial charge < -0.3 is 9.47 Å². The van der Waals surface area contributed by atoms with E-state index in [1.54, 1.807) is 23.5 Å². The predicted molar refractivity (Wildman–Crippen MR) is 103 cm³/mol. The van der Waals surface area contributed by atoms with Crippen LogP contribution in [0.2, 0.25) is 0 Å². The summed E-state index contributed by atoms with van der Waals surface area (Å²) in [5.74, 6) is 0.670. The second kappa shape index (κ2) is 8.09. The third-order valence-electron chi connectivity index (χ3n) is 3.83. The van der Waals surface area contributed by atoms with Crippen LogP contribution in [0.25, 0.3) is 10.6 Å². The first-order valence-corrected chi connectivity index (χ1v) is 9.12. The highest BCUT2D eigenvalue weighted by molar-refractivity contribution is 7.14. The number of esters is 1. The van der Waals surface area contributed by atoms with Crippen molar-refractivity contribution < 1.29 is 19.1 Å². The van der Waals surface area contributed by atoms with Crippen LogP contribution in [0.4, 0.5) is 0 Å². The van der Waals surface area contributed by atoms with Crippen molar-refractivity contribution in [2.75, 3.05) is 7.11 Å². The van der Waals surface area contributed by atoms with E-state index < -0.39 is 5.97 Å². The number of hydrogen-bond donors (Lipinski definition) is 0. The van der Waals surface area contributed by atoms with E-state index in [0.29, 0.717) is 34.8 Å². The highest BCUT2D eigenvalue weighted by Gasteiger charge is 2.13. The quantitative estimate of drug-likeness (QED) is 0.453. The maximum absolute atomic E-state index is 11.7. The Labute approximate surface area is 160 Å². The smallest absolute Gasteiger partial charge is 0.337 e. The van der Waals surface area contributed by atoms with Gasteiger partial charge in [0.1, 0.15) is 21.5 Å². The highest BCUT2D eigenvalue weighted by atomic mass is 32.1. The summed E-state index contributed by atoms with van der Waals surface area (Å²) in [4.78, 5) is 22.9. The fourth-order valence-corrected chi connectivity index (χ4v) is 3.19. The molecule has 0 fully saturated rings. The van der Waals surface area contributed by atoms with E-state index >= 15 is 0 Å². The van der Waals surface area contributed by atoms with Gasteiger partial charge in [0.15, 0.2) is 6.29 Å². The molecule has 0 saturated carbocycles. The van der Waals surface area contributed by atoms with E-state index in [1.165, 1.54) is 25.3 Å². The molecule has 7 heteroatoms. The molecule has 0 spiro atoms. The number of hydrogen-bond acceptors (Lipinski definition) is 7. The Morgan fingerprint density at radius 2 is 1.85 bits per heavy atom. The number of aromatic nitrogens is 2. The van der Waals surface area contributed by atoms with Gasteiger partial charge in [-0.2, -0.15) is 0 Å². The van der Waals surface area contributed by atoms with Gasteiger partial charge >= 0.3 is 5.97 Å². The summed E-state index contributed by atoms with van der Waals surface area (Å²) in [5.41, 5.74) is 1.59. The first-order valence-electron chi connectivity index (χ1n) is 8.31. The normalized spacial score (nSPS) is 10.7. The number of methoxy groups -OCH3 is 1. The lowest BCUT2D eigenvalue weighted by molar-refractivity contribution is 0.0600. The number of nitrogens with zero attached hydrogens (tertiary/aromatic N) is 2. The summed E-state index contributed by atoms with van der Waals surface area (Å²) in [5, 5.41) is 10.2. The molecule has 0 N–H and O–H groups in total. The van der Waals surface area contributed by atoms with E-state index in [4.69, 9.17) is 9.47 Å². The fourth-order valence-electron chi connectivity index (χ4n) is 2.34. The molecule has 0 aliphatic rings. The molecule has 1 heterocycles. The minimum absolute atomic E-state index is 0.290. The molecule has 27 heavy (non-hydrogen) atoms. The number of rotatable bonds is 6.